The van der Waals surface area contributed by atoms with E-state index >= 15 is 0 Å². The molecule has 0 fully saturated rings. The van der Waals surface area contributed by atoms with Gasteiger partial charge in [-0.15, -0.1) is 0 Å². The summed E-state index contributed by atoms with van der Waals surface area (Å²) in [5, 5.41) is 11.3. The summed E-state index contributed by atoms with van der Waals surface area (Å²) in [5.41, 5.74) is 3.88. The maximum absolute atomic E-state index is 10.4. The van der Waals surface area contributed by atoms with Crippen LogP contribution in [0, 0.1) is 13.8 Å². The highest BCUT2D eigenvalue weighted by Gasteiger charge is 2.14. The van der Waals surface area contributed by atoms with Crippen molar-refractivity contribution in [2.75, 3.05) is 0 Å². The lowest BCUT2D eigenvalue weighted by molar-refractivity contribution is 0.219. The number of aliphatic hydroxyl groups is 1. The topological polar surface area (TPSA) is 20.2 Å². The van der Waals surface area contributed by atoms with E-state index in [-0.39, 0.29) is 0 Å². The largest absolute Gasteiger partial charge is 0.384 e. The molecular formula is C15H14Cl2O. The van der Waals surface area contributed by atoms with Gasteiger partial charge in [0.1, 0.15) is 6.10 Å². The molecule has 0 amide bonds. The molecule has 2 rings (SSSR count). The minimum atomic E-state index is -0.680. The maximum Gasteiger partial charge on any atom is 0.104 e. The summed E-state index contributed by atoms with van der Waals surface area (Å²) in [4.78, 5) is 0. The Morgan fingerprint density at radius 3 is 2.28 bits per heavy atom. The fraction of sp³-hybridized carbons (Fsp3) is 0.200. The molecule has 0 unspecified atom stereocenters. The van der Waals surface area contributed by atoms with Crippen molar-refractivity contribution in [2.24, 2.45) is 0 Å². The molecule has 0 heterocycles. The summed E-state index contributed by atoms with van der Waals surface area (Å²) in [6.07, 6.45) is -0.680. The molecule has 0 radical (unpaired) electrons. The van der Waals surface area contributed by atoms with Gasteiger partial charge in [0.25, 0.3) is 0 Å². The van der Waals surface area contributed by atoms with Crippen LogP contribution in [0.5, 0.6) is 0 Å². The molecular weight excluding hydrogens is 267 g/mol. The van der Waals surface area contributed by atoms with Gasteiger partial charge in [-0.1, -0.05) is 53.0 Å². The Labute approximate surface area is 117 Å². The lowest BCUT2D eigenvalue weighted by atomic mass is 9.96. The quantitative estimate of drug-likeness (QED) is 0.846. The molecule has 0 saturated carbocycles. The fourth-order valence-corrected chi connectivity index (χ4v) is 2.30. The molecule has 1 nitrogen and oxygen atoms in total. The Kier molecular flexibility index (Phi) is 3.96. The van der Waals surface area contributed by atoms with Crippen molar-refractivity contribution in [1.82, 2.24) is 0 Å². The minimum Gasteiger partial charge on any atom is -0.384 e. The van der Waals surface area contributed by atoms with Gasteiger partial charge in [0.05, 0.1) is 10.0 Å². The Morgan fingerprint density at radius 1 is 0.944 bits per heavy atom. The lowest BCUT2D eigenvalue weighted by Gasteiger charge is -2.15. The molecule has 0 spiro atoms. The van der Waals surface area contributed by atoms with Gasteiger partial charge >= 0.3 is 0 Å². The second-order valence-electron chi connectivity index (χ2n) is 4.44. The highest BCUT2D eigenvalue weighted by Crippen LogP contribution is 2.30. The molecule has 0 aromatic heterocycles. The normalized spacial score (nSPS) is 12.5. The maximum atomic E-state index is 10.4. The Hall–Kier alpha value is -1.02. The minimum absolute atomic E-state index is 0.456. The molecule has 0 saturated heterocycles. The highest BCUT2D eigenvalue weighted by molar-refractivity contribution is 6.42. The van der Waals surface area contributed by atoms with Crippen LogP contribution in [-0.2, 0) is 0 Å². The third-order valence-electron chi connectivity index (χ3n) is 2.98. The first-order chi connectivity index (χ1) is 8.49. The summed E-state index contributed by atoms with van der Waals surface area (Å²) in [7, 11) is 0. The number of hydrogen-bond acceptors (Lipinski definition) is 1. The van der Waals surface area contributed by atoms with E-state index in [1.165, 1.54) is 5.56 Å². The molecule has 1 atom stereocenters. The summed E-state index contributed by atoms with van der Waals surface area (Å²) in [6, 6.07) is 11.2. The Bertz CT molecular complexity index is 579. The van der Waals surface area contributed by atoms with Crippen molar-refractivity contribution in [3.8, 4) is 0 Å². The van der Waals surface area contributed by atoms with Gasteiger partial charge < -0.3 is 5.11 Å². The van der Waals surface area contributed by atoms with E-state index in [0.717, 1.165) is 16.7 Å². The van der Waals surface area contributed by atoms with Crippen molar-refractivity contribution in [2.45, 2.75) is 20.0 Å². The van der Waals surface area contributed by atoms with E-state index in [0.29, 0.717) is 10.0 Å². The van der Waals surface area contributed by atoms with Crippen molar-refractivity contribution < 1.29 is 5.11 Å². The summed E-state index contributed by atoms with van der Waals surface area (Å²) >= 11 is 11.8. The predicted molar refractivity (Wildman–Crippen MR) is 76.4 cm³/mol. The van der Waals surface area contributed by atoms with Crippen LogP contribution in [0.15, 0.2) is 36.4 Å². The molecule has 18 heavy (non-hydrogen) atoms. The van der Waals surface area contributed by atoms with Crippen molar-refractivity contribution in [3.05, 3.63) is 68.7 Å². The molecule has 0 aliphatic carbocycles. The summed E-state index contributed by atoms with van der Waals surface area (Å²) in [6.45, 7) is 4.02. The van der Waals surface area contributed by atoms with Crippen LogP contribution in [0.3, 0.4) is 0 Å². The van der Waals surface area contributed by atoms with Crippen LogP contribution in [0.25, 0.3) is 0 Å². The van der Waals surface area contributed by atoms with Crippen molar-refractivity contribution >= 4 is 23.2 Å². The van der Waals surface area contributed by atoms with E-state index in [4.69, 9.17) is 23.2 Å². The van der Waals surface area contributed by atoms with Crippen molar-refractivity contribution in [1.29, 1.82) is 0 Å². The summed E-state index contributed by atoms with van der Waals surface area (Å²) < 4.78 is 0. The van der Waals surface area contributed by atoms with Gasteiger partial charge in [-0.25, -0.2) is 0 Å². The van der Waals surface area contributed by atoms with Crippen LogP contribution < -0.4 is 0 Å². The van der Waals surface area contributed by atoms with Crippen LogP contribution in [0.4, 0.5) is 0 Å². The fourth-order valence-electron chi connectivity index (χ4n) is 1.99. The number of aryl methyl sites for hydroxylation is 2. The zero-order valence-corrected chi connectivity index (χ0v) is 11.8. The van der Waals surface area contributed by atoms with Crippen molar-refractivity contribution in [3.63, 3.8) is 0 Å². The second kappa shape index (κ2) is 5.31. The lowest BCUT2D eigenvalue weighted by Crippen LogP contribution is -2.02. The van der Waals surface area contributed by atoms with Crippen LogP contribution >= 0.6 is 23.2 Å². The Balaban J connectivity index is 2.41. The average molecular weight is 281 g/mol. The third-order valence-corrected chi connectivity index (χ3v) is 3.72. The van der Waals surface area contributed by atoms with E-state index in [9.17, 15) is 5.11 Å². The second-order valence-corrected chi connectivity index (χ2v) is 5.25. The first-order valence-corrected chi connectivity index (χ1v) is 6.45. The number of aliphatic hydroxyl groups excluding tert-OH is 1. The monoisotopic (exact) mass is 280 g/mol. The smallest absolute Gasteiger partial charge is 0.104 e. The molecule has 94 valence electrons. The van der Waals surface area contributed by atoms with Gasteiger partial charge in [0.2, 0.25) is 0 Å². The molecule has 3 heteroatoms. The van der Waals surface area contributed by atoms with Crippen LogP contribution in [-0.4, -0.2) is 5.11 Å². The first-order valence-electron chi connectivity index (χ1n) is 5.69. The molecule has 0 bridgehead atoms. The summed E-state index contributed by atoms with van der Waals surface area (Å²) in [5.74, 6) is 0. The molecule has 1 N–H and O–H groups in total. The number of hydrogen-bond donors (Lipinski definition) is 1. The van der Waals surface area contributed by atoms with Gasteiger partial charge in [-0.05, 0) is 42.7 Å². The van der Waals surface area contributed by atoms with E-state index in [2.05, 4.69) is 6.07 Å². The van der Waals surface area contributed by atoms with Gasteiger partial charge in [-0.2, -0.15) is 0 Å². The zero-order valence-electron chi connectivity index (χ0n) is 10.2. The SMILES string of the molecule is Cc1ccc([C@@H](O)c2ccc(Cl)c(Cl)c2)c(C)c1. The van der Waals surface area contributed by atoms with Gasteiger partial charge in [-0.3, -0.25) is 0 Å². The third kappa shape index (κ3) is 2.69. The molecule has 0 aliphatic rings. The molecule has 2 aromatic carbocycles. The number of halogens is 2. The number of benzene rings is 2. The molecule has 2 aromatic rings. The average Bonchev–Trinajstić information content (AvgIpc) is 2.32. The van der Waals surface area contributed by atoms with Gasteiger partial charge in [0.15, 0.2) is 0 Å². The van der Waals surface area contributed by atoms with Gasteiger partial charge in [0, 0.05) is 0 Å². The highest BCUT2D eigenvalue weighted by atomic mass is 35.5. The van der Waals surface area contributed by atoms with E-state index < -0.39 is 6.10 Å². The molecule has 0 aliphatic heterocycles. The number of rotatable bonds is 2. The zero-order chi connectivity index (χ0) is 13.3. The Morgan fingerprint density at radius 2 is 1.67 bits per heavy atom. The van der Waals surface area contributed by atoms with Crippen LogP contribution in [0.2, 0.25) is 10.0 Å². The van der Waals surface area contributed by atoms with E-state index in [1.807, 2.05) is 26.0 Å². The standard InChI is InChI=1S/C15H14Cl2O/c1-9-3-5-12(10(2)7-9)15(18)11-4-6-13(16)14(17)8-11/h3-8,15,18H,1-2H3/t15-/m0/s1. The first kappa shape index (κ1) is 13.4. The van der Waals surface area contributed by atoms with E-state index in [1.54, 1.807) is 18.2 Å². The predicted octanol–water partition coefficient (Wildman–Crippen LogP) is 4.69. The van der Waals surface area contributed by atoms with Crippen LogP contribution in [0.1, 0.15) is 28.4 Å².